The molecule has 0 aromatic carbocycles. The van der Waals surface area contributed by atoms with Gasteiger partial charge < -0.3 is 14.9 Å². The lowest BCUT2D eigenvalue weighted by Gasteiger charge is -2.42. The van der Waals surface area contributed by atoms with Crippen molar-refractivity contribution in [3.05, 3.63) is 29.1 Å². The molecule has 7 nitrogen and oxygen atoms in total. The molecular weight excluding hydrogens is 382 g/mol. The molecule has 2 aromatic heterocycles. The van der Waals surface area contributed by atoms with Crippen molar-refractivity contribution in [3.8, 4) is 5.75 Å². The van der Waals surface area contributed by atoms with Crippen LogP contribution in [0.4, 0.5) is 8.78 Å². The first-order valence-corrected chi connectivity index (χ1v) is 10.1. The zero-order valence-corrected chi connectivity index (χ0v) is 15.9. The van der Waals surface area contributed by atoms with Gasteiger partial charge in [-0.2, -0.15) is 5.10 Å². The average Bonchev–Trinajstić information content (AvgIpc) is 3.45. The Hall–Kier alpha value is -2.71. The minimum absolute atomic E-state index is 0.0856. The summed E-state index contributed by atoms with van der Waals surface area (Å²) in [5.74, 6) is -0.931. The Labute approximate surface area is 165 Å². The Morgan fingerprint density at radius 2 is 1.93 bits per heavy atom. The fourth-order valence-corrected chi connectivity index (χ4v) is 4.23. The second kappa shape index (κ2) is 6.67. The average molecular weight is 404 g/mol. The van der Waals surface area contributed by atoms with Crippen molar-refractivity contribution in [2.45, 2.75) is 50.5 Å². The topological polar surface area (TPSA) is 78.2 Å². The van der Waals surface area contributed by atoms with E-state index in [1.807, 2.05) is 4.90 Å². The number of hydrogen-bond donors (Lipinski definition) is 1. The van der Waals surface area contributed by atoms with Gasteiger partial charge in [0.05, 0.1) is 0 Å². The number of alkyl halides is 2. The highest BCUT2D eigenvalue weighted by atomic mass is 19.3. The van der Waals surface area contributed by atoms with E-state index in [2.05, 4.69) is 5.10 Å². The molecular formula is C20H22F2N4O3. The molecule has 2 saturated carbocycles. The molecule has 1 N–H and O–H groups in total. The number of amides is 2. The van der Waals surface area contributed by atoms with Gasteiger partial charge in [0.15, 0.2) is 11.4 Å². The van der Waals surface area contributed by atoms with E-state index in [9.17, 15) is 23.5 Å². The predicted molar refractivity (Wildman–Crippen MR) is 99.0 cm³/mol. The fourth-order valence-electron chi connectivity index (χ4n) is 4.23. The van der Waals surface area contributed by atoms with Crippen LogP contribution in [0, 0.1) is 0 Å². The highest BCUT2D eigenvalue weighted by Crippen LogP contribution is 2.42. The highest BCUT2D eigenvalue weighted by Gasteiger charge is 2.36. The number of aromatic hydroxyl groups is 1. The lowest BCUT2D eigenvalue weighted by Crippen LogP contribution is -2.56. The number of hydrogen-bond acceptors (Lipinski definition) is 4. The van der Waals surface area contributed by atoms with Crippen LogP contribution in [0.15, 0.2) is 12.1 Å². The molecule has 0 bridgehead atoms. The summed E-state index contributed by atoms with van der Waals surface area (Å²) in [5, 5.41) is 14.6. The van der Waals surface area contributed by atoms with Crippen LogP contribution in [-0.2, 0) is 4.79 Å². The van der Waals surface area contributed by atoms with Crippen molar-refractivity contribution in [1.29, 1.82) is 0 Å². The largest absolute Gasteiger partial charge is 0.504 e. The quantitative estimate of drug-likeness (QED) is 0.850. The summed E-state index contributed by atoms with van der Waals surface area (Å²) in [7, 11) is 0. The van der Waals surface area contributed by atoms with Crippen molar-refractivity contribution < 1.29 is 23.5 Å². The minimum atomic E-state index is -2.79. The molecule has 3 heterocycles. The second-order valence-electron chi connectivity index (χ2n) is 8.18. The maximum atomic E-state index is 13.6. The Kier molecular flexibility index (Phi) is 4.22. The zero-order valence-electron chi connectivity index (χ0n) is 15.9. The predicted octanol–water partition coefficient (Wildman–Crippen LogP) is 2.69. The third-order valence-corrected chi connectivity index (χ3v) is 6.29. The van der Waals surface area contributed by atoms with Crippen molar-refractivity contribution >= 4 is 17.3 Å². The van der Waals surface area contributed by atoms with Gasteiger partial charge in [0, 0.05) is 19.1 Å². The molecule has 3 aliphatic rings. The molecule has 1 saturated heterocycles. The van der Waals surface area contributed by atoms with Gasteiger partial charge in [-0.15, -0.1) is 0 Å². The molecule has 1 aliphatic heterocycles. The van der Waals surface area contributed by atoms with Crippen LogP contribution in [0.3, 0.4) is 0 Å². The normalized spacial score (nSPS) is 20.6. The molecule has 2 aromatic rings. The van der Waals surface area contributed by atoms with Gasteiger partial charge >= 0.3 is 0 Å². The summed E-state index contributed by atoms with van der Waals surface area (Å²) in [5.41, 5.74) is 0.202. The van der Waals surface area contributed by atoms with Crippen LogP contribution in [0.5, 0.6) is 5.75 Å². The Morgan fingerprint density at radius 3 is 2.52 bits per heavy atom. The number of pyridine rings is 1. The molecule has 154 valence electrons. The van der Waals surface area contributed by atoms with E-state index < -0.39 is 18.1 Å². The highest BCUT2D eigenvalue weighted by molar-refractivity contribution is 5.99. The molecule has 0 spiro atoms. The number of fused-ring (bicyclic) bond motifs is 1. The first kappa shape index (κ1) is 18.3. The maximum absolute atomic E-state index is 13.6. The van der Waals surface area contributed by atoms with E-state index in [-0.39, 0.29) is 41.3 Å². The van der Waals surface area contributed by atoms with Crippen LogP contribution >= 0.6 is 0 Å². The number of rotatable bonds is 4. The summed E-state index contributed by atoms with van der Waals surface area (Å²) < 4.78 is 28.1. The number of nitrogens with zero attached hydrogens (tertiary/aromatic N) is 4. The van der Waals surface area contributed by atoms with Gasteiger partial charge in [-0.05, 0) is 55.7 Å². The maximum Gasteiger partial charge on any atom is 0.280 e. The molecule has 2 amide bonds. The van der Waals surface area contributed by atoms with Crippen molar-refractivity contribution in [2.24, 2.45) is 0 Å². The van der Waals surface area contributed by atoms with E-state index in [4.69, 9.17) is 0 Å². The molecule has 5 rings (SSSR count). The third-order valence-electron chi connectivity index (χ3n) is 6.29. The van der Waals surface area contributed by atoms with Crippen molar-refractivity contribution in [1.82, 2.24) is 19.4 Å². The Morgan fingerprint density at radius 1 is 1.17 bits per heavy atom. The number of piperazine rings is 1. The van der Waals surface area contributed by atoms with E-state index in [0.29, 0.717) is 13.1 Å². The van der Waals surface area contributed by atoms with Crippen LogP contribution in [0.2, 0.25) is 0 Å². The van der Waals surface area contributed by atoms with Gasteiger partial charge in [-0.3, -0.25) is 9.59 Å². The lowest BCUT2D eigenvalue weighted by molar-refractivity contribution is -0.139. The summed E-state index contributed by atoms with van der Waals surface area (Å²) >= 11 is 0. The van der Waals surface area contributed by atoms with Crippen molar-refractivity contribution in [3.63, 3.8) is 0 Å². The summed E-state index contributed by atoms with van der Waals surface area (Å²) in [6.45, 7) is 0.693. The van der Waals surface area contributed by atoms with Crippen molar-refractivity contribution in [2.75, 3.05) is 19.6 Å². The monoisotopic (exact) mass is 404 g/mol. The number of aromatic nitrogens is 2. The van der Waals surface area contributed by atoms with E-state index >= 15 is 0 Å². The summed E-state index contributed by atoms with van der Waals surface area (Å²) in [6, 6.07) is 3.29. The van der Waals surface area contributed by atoms with Crippen LogP contribution in [-0.4, -0.2) is 62.0 Å². The van der Waals surface area contributed by atoms with E-state index in [1.165, 1.54) is 11.0 Å². The van der Waals surface area contributed by atoms with Crippen LogP contribution in [0.25, 0.3) is 5.52 Å². The van der Waals surface area contributed by atoms with Gasteiger partial charge in [-0.25, -0.2) is 13.3 Å². The summed E-state index contributed by atoms with van der Waals surface area (Å²) in [4.78, 5) is 28.5. The molecule has 3 fully saturated rings. The molecule has 0 unspecified atom stereocenters. The zero-order chi connectivity index (χ0) is 20.3. The SMILES string of the molecule is O=C(c1nn2c(C(F)F)cc(C3CC3)cc2c1O)N1CCN(C2CCC2)C(=O)C1. The summed E-state index contributed by atoms with van der Waals surface area (Å²) in [6.07, 6.45) is 2.16. The first-order valence-electron chi connectivity index (χ1n) is 10.1. The number of carbonyl (C=O) groups excluding carboxylic acids is 2. The van der Waals surface area contributed by atoms with E-state index in [0.717, 1.165) is 42.2 Å². The van der Waals surface area contributed by atoms with Gasteiger partial charge in [0.1, 0.15) is 17.8 Å². The fraction of sp³-hybridized carbons (Fsp3) is 0.550. The molecule has 9 heteroatoms. The Bertz CT molecular complexity index is 997. The molecule has 29 heavy (non-hydrogen) atoms. The first-order chi connectivity index (χ1) is 13.9. The molecule has 0 atom stereocenters. The smallest absolute Gasteiger partial charge is 0.280 e. The minimum Gasteiger partial charge on any atom is -0.504 e. The third kappa shape index (κ3) is 3.03. The van der Waals surface area contributed by atoms with Crippen LogP contribution < -0.4 is 0 Å². The Balaban J connectivity index is 1.45. The standard InChI is InChI=1S/C20H22F2N4O3/c21-19(22)15-9-12(11-4-5-11)8-14-18(28)17(23-26(14)15)20(29)24-6-7-25(16(27)10-24)13-2-1-3-13/h8-9,11,13,19,28H,1-7,10H2. The molecule has 0 radical (unpaired) electrons. The lowest BCUT2D eigenvalue weighted by atomic mass is 9.91. The number of carbonyl (C=O) groups is 2. The second-order valence-corrected chi connectivity index (χ2v) is 8.18. The van der Waals surface area contributed by atoms with Crippen LogP contribution in [0.1, 0.15) is 66.2 Å². The number of halogens is 2. The van der Waals surface area contributed by atoms with Gasteiger partial charge in [0.2, 0.25) is 5.91 Å². The molecule has 2 aliphatic carbocycles. The van der Waals surface area contributed by atoms with Gasteiger partial charge in [-0.1, -0.05) is 0 Å². The van der Waals surface area contributed by atoms with E-state index in [1.54, 1.807) is 6.07 Å². The van der Waals surface area contributed by atoms with Gasteiger partial charge in [0.25, 0.3) is 12.3 Å².